The third kappa shape index (κ3) is 3.16. The molecule has 102 valence electrons. The average Bonchev–Trinajstić information content (AvgIpc) is 3.05. The van der Waals surface area contributed by atoms with E-state index in [0.29, 0.717) is 18.6 Å². The molecule has 1 N–H and O–H groups in total. The summed E-state index contributed by atoms with van der Waals surface area (Å²) >= 11 is 0. The SMILES string of the molecule is Cc1cccc(C2CCCN2CC(=O)NC2CC2)c1. The number of hydrogen-bond donors (Lipinski definition) is 1. The molecule has 3 heteroatoms. The van der Waals surface area contributed by atoms with Gasteiger partial charge in [0.25, 0.3) is 0 Å². The van der Waals surface area contributed by atoms with Gasteiger partial charge in [0.1, 0.15) is 0 Å². The lowest BCUT2D eigenvalue weighted by molar-refractivity contribution is -0.122. The van der Waals surface area contributed by atoms with Gasteiger partial charge in [-0.05, 0) is 44.7 Å². The maximum Gasteiger partial charge on any atom is 0.234 e. The van der Waals surface area contributed by atoms with E-state index in [1.54, 1.807) is 0 Å². The molecule has 0 spiro atoms. The molecule has 3 nitrogen and oxygen atoms in total. The van der Waals surface area contributed by atoms with Gasteiger partial charge in [-0.3, -0.25) is 9.69 Å². The highest BCUT2D eigenvalue weighted by molar-refractivity contribution is 5.78. The van der Waals surface area contributed by atoms with E-state index in [1.807, 2.05) is 0 Å². The summed E-state index contributed by atoms with van der Waals surface area (Å²) in [6.07, 6.45) is 4.68. The predicted molar refractivity (Wildman–Crippen MR) is 75.9 cm³/mol. The van der Waals surface area contributed by atoms with Crippen LogP contribution in [-0.4, -0.2) is 29.9 Å². The van der Waals surface area contributed by atoms with Crippen LogP contribution in [0.2, 0.25) is 0 Å². The number of amides is 1. The quantitative estimate of drug-likeness (QED) is 0.899. The van der Waals surface area contributed by atoms with Crippen molar-refractivity contribution in [2.75, 3.05) is 13.1 Å². The second-order valence-electron chi connectivity index (χ2n) is 5.88. The van der Waals surface area contributed by atoms with E-state index in [9.17, 15) is 4.79 Å². The number of likely N-dealkylation sites (tertiary alicyclic amines) is 1. The zero-order valence-corrected chi connectivity index (χ0v) is 11.6. The summed E-state index contributed by atoms with van der Waals surface area (Å²) in [4.78, 5) is 14.3. The molecule has 19 heavy (non-hydrogen) atoms. The van der Waals surface area contributed by atoms with Crippen molar-refractivity contribution >= 4 is 5.91 Å². The van der Waals surface area contributed by atoms with Crippen molar-refractivity contribution in [2.24, 2.45) is 0 Å². The Bertz CT molecular complexity index is 468. The van der Waals surface area contributed by atoms with E-state index in [4.69, 9.17) is 0 Å². The summed E-state index contributed by atoms with van der Waals surface area (Å²) in [6.45, 7) is 3.72. The highest BCUT2D eigenvalue weighted by Gasteiger charge is 2.29. The van der Waals surface area contributed by atoms with E-state index in [2.05, 4.69) is 41.4 Å². The van der Waals surface area contributed by atoms with E-state index in [1.165, 1.54) is 24.0 Å². The minimum atomic E-state index is 0.196. The smallest absolute Gasteiger partial charge is 0.234 e. The molecule has 2 fully saturated rings. The lowest BCUT2D eigenvalue weighted by Crippen LogP contribution is -2.37. The third-order valence-corrected chi connectivity index (χ3v) is 4.08. The van der Waals surface area contributed by atoms with Gasteiger partial charge in [0.2, 0.25) is 5.91 Å². The summed E-state index contributed by atoms with van der Waals surface area (Å²) < 4.78 is 0. The lowest BCUT2D eigenvalue weighted by atomic mass is 10.0. The van der Waals surface area contributed by atoms with Crippen LogP contribution in [0.25, 0.3) is 0 Å². The maximum atomic E-state index is 11.9. The molecule has 1 aliphatic heterocycles. The van der Waals surface area contributed by atoms with Crippen molar-refractivity contribution in [1.29, 1.82) is 0 Å². The van der Waals surface area contributed by atoms with Crippen molar-refractivity contribution in [3.8, 4) is 0 Å². The van der Waals surface area contributed by atoms with Crippen LogP contribution in [0.3, 0.4) is 0 Å². The Kier molecular flexibility index (Phi) is 3.56. The number of rotatable bonds is 4. The summed E-state index contributed by atoms with van der Waals surface area (Å²) in [6, 6.07) is 9.57. The van der Waals surface area contributed by atoms with Gasteiger partial charge in [-0.15, -0.1) is 0 Å². The second kappa shape index (κ2) is 5.33. The number of hydrogen-bond acceptors (Lipinski definition) is 2. The fraction of sp³-hybridized carbons (Fsp3) is 0.562. The maximum absolute atomic E-state index is 11.9. The Labute approximate surface area is 115 Å². The molecule has 0 bridgehead atoms. The van der Waals surface area contributed by atoms with Crippen molar-refractivity contribution in [2.45, 2.75) is 44.7 Å². The van der Waals surface area contributed by atoms with Crippen molar-refractivity contribution in [3.63, 3.8) is 0 Å². The molecule has 0 radical (unpaired) electrons. The molecule has 1 unspecified atom stereocenters. The number of benzene rings is 1. The number of nitrogens with one attached hydrogen (secondary N) is 1. The molecule has 1 heterocycles. The van der Waals surface area contributed by atoms with Crippen molar-refractivity contribution < 1.29 is 4.79 Å². The summed E-state index contributed by atoms with van der Waals surface area (Å²) in [5.74, 6) is 0.196. The average molecular weight is 258 g/mol. The van der Waals surface area contributed by atoms with Gasteiger partial charge in [-0.2, -0.15) is 0 Å². The first kappa shape index (κ1) is 12.7. The Morgan fingerprint density at radius 1 is 1.37 bits per heavy atom. The number of nitrogens with zero attached hydrogens (tertiary/aromatic N) is 1. The topological polar surface area (TPSA) is 32.3 Å². The van der Waals surface area contributed by atoms with E-state index < -0.39 is 0 Å². The van der Waals surface area contributed by atoms with Crippen molar-refractivity contribution in [3.05, 3.63) is 35.4 Å². The highest BCUT2D eigenvalue weighted by Crippen LogP contribution is 2.31. The third-order valence-electron chi connectivity index (χ3n) is 4.08. The van der Waals surface area contributed by atoms with Crippen LogP contribution < -0.4 is 5.32 Å². The number of aryl methyl sites for hydroxylation is 1. The largest absolute Gasteiger partial charge is 0.352 e. The molecular formula is C16H22N2O. The van der Waals surface area contributed by atoms with Gasteiger partial charge in [-0.25, -0.2) is 0 Å². The van der Waals surface area contributed by atoms with Gasteiger partial charge >= 0.3 is 0 Å². The first-order valence-electron chi connectivity index (χ1n) is 7.32. The van der Waals surface area contributed by atoms with Gasteiger partial charge < -0.3 is 5.32 Å². The van der Waals surface area contributed by atoms with Crippen LogP contribution in [0, 0.1) is 6.92 Å². The molecule has 1 amide bonds. The molecule has 1 atom stereocenters. The molecular weight excluding hydrogens is 236 g/mol. The standard InChI is InChI=1S/C16H22N2O/c1-12-4-2-5-13(10-12)15-6-3-9-18(15)11-16(19)17-14-7-8-14/h2,4-5,10,14-15H,3,6-9,11H2,1H3,(H,17,19). The highest BCUT2D eigenvalue weighted by atomic mass is 16.2. The fourth-order valence-corrected chi connectivity index (χ4v) is 2.96. The van der Waals surface area contributed by atoms with Crippen molar-refractivity contribution in [1.82, 2.24) is 10.2 Å². The minimum absolute atomic E-state index is 0.196. The van der Waals surface area contributed by atoms with Crippen LogP contribution in [0.4, 0.5) is 0 Å². The molecule has 1 saturated heterocycles. The molecule has 1 saturated carbocycles. The first-order chi connectivity index (χ1) is 9.22. The predicted octanol–water partition coefficient (Wildman–Crippen LogP) is 2.41. The van der Waals surface area contributed by atoms with E-state index in [0.717, 1.165) is 19.4 Å². The van der Waals surface area contributed by atoms with Gasteiger partial charge in [0, 0.05) is 12.1 Å². The molecule has 1 aromatic rings. The minimum Gasteiger partial charge on any atom is -0.352 e. The zero-order valence-electron chi connectivity index (χ0n) is 11.6. The normalized spacial score (nSPS) is 23.5. The van der Waals surface area contributed by atoms with Crippen LogP contribution in [0.1, 0.15) is 42.9 Å². The lowest BCUT2D eigenvalue weighted by Gasteiger charge is -2.24. The van der Waals surface area contributed by atoms with E-state index >= 15 is 0 Å². The molecule has 2 aliphatic rings. The Balaban J connectivity index is 1.65. The summed E-state index contributed by atoms with van der Waals surface area (Å²) in [7, 11) is 0. The fourth-order valence-electron chi connectivity index (χ4n) is 2.96. The van der Waals surface area contributed by atoms with Crippen LogP contribution >= 0.6 is 0 Å². The molecule has 0 aromatic heterocycles. The first-order valence-corrected chi connectivity index (χ1v) is 7.32. The van der Waals surface area contributed by atoms with Gasteiger partial charge in [0.05, 0.1) is 6.54 Å². The Morgan fingerprint density at radius 3 is 2.95 bits per heavy atom. The van der Waals surface area contributed by atoms with Crippen LogP contribution in [0.5, 0.6) is 0 Å². The van der Waals surface area contributed by atoms with E-state index in [-0.39, 0.29) is 5.91 Å². The number of carbonyl (C=O) groups is 1. The van der Waals surface area contributed by atoms with Crippen LogP contribution in [0.15, 0.2) is 24.3 Å². The molecule has 1 aromatic carbocycles. The molecule has 1 aliphatic carbocycles. The second-order valence-corrected chi connectivity index (χ2v) is 5.88. The summed E-state index contributed by atoms with van der Waals surface area (Å²) in [5.41, 5.74) is 2.66. The van der Waals surface area contributed by atoms with Gasteiger partial charge in [0.15, 0.2) is 0 Å². The number of carbonyl (C=O) groups excluding carboxylic acids is 1. The Hall–Kier alpha value is -1.35. The van der Waals surface area contributed by atoms with Crippen LogP contribution in [-0.2, 0) is 4.79 Å². The monoisotopic (exact) mass is 258 g/mol. The van der Waals surface area contributed by atoms with Gasteiger partial charge in [-0.1, -0.05) is 29.8 Å². The Morgan fingerprint density at radius 2 is 2.21 bits per heavy atom. The summed E-state index contributed by atoms with van der Waals surface area (Å²) in [5, 5.41) is 3.08. The zero-order chi connectivity index (χ0) is 13.2. The molecule has 3 rings (SSSR count).